The van der Waals surface area contributed by atoms with Crippen LogP contribution in [0.25, 0.3) is 0 Å². The minimum atomic E-state index is 0.403. The maximum Gasteiger partial charge on any atom is 0.0595 e. The van der Waals surface area contributed by atoms with E-state index in [2.05, 4.69) is 36.5 Å². The minimum Gasteiger partial charge on any atom is -0.313 e. The standard InChI is InChI=1S/C18H19Cl2N/c1-11-3-5-14-13(6-8-18(21-2)15(14)9-11)12-4-7-16(19)17(20)10-12/h3-5,7,9-10,13,18,21H,6,8H2,1-2H3/t13-,18-/m0/s1. The van der Waals surface area contributed by atoms with Crippen molar-refractivity contribution in [2.45, 2.75) is 31.7 Å². The molecule has 0 spiro atoms. The average molecular weight is 320 g/mol. The fourth-order valence-electron chi connectivity index (χ4n) is 3.33. The molecule has 0 heterocycles. The van der Waals surface area contributed by atoms with Gasteiger partial charge >= 0.3 is 0 Å². The summed E-state index contributed by atoms with van der Waals surface area (Å²) in [5, 5.41) is 4.69. The number of benzene rings is 2. The first-order valence-corrected chi connectivity index (χ1v) is 8.08. The molecule has 0 bridgehead atoms. The van der Waals surface area contributed by atoms with Gasteiger partial charge in [-0.3, -0.25) is 0 Å². The third-order valence-electron chi connectivity index (χ3n) is 4.43. The number of fused-ring (bicyclic) bond motifs is 1. The molecule has 0 radical (unpaired) electrons. The lowest BCUT2D eigenvalue weighted by atomic mass is 9.76. The van der Waals surface area contributed by atoms with Gasteiger partial charge < -0.3 is 5.32 Å². The molecule has 2 atom stereocenters. The van der Waals surface area contributed by atoms with E-state index in [4.69, 9.17) is 23.2 Å². The molecule has 2 aromatic carbocycles. The summed E-state index contributed by atoms with van der Waals surface area (Å²) in [5.74, 6) is 0.403. The highest BCUT2D eigenvalue weighted by Gasteiger charge is 2.27. The predicted molar refractivity (Wildman–Crippen MR) is 90.5 cm³/mol. The summed E-state index contributed by atoms with van der Waals surface area (Å²) in [6.07, 6.45) is 2.26. The Morgan fingerprint density at radius 2 is 1.76 bits per heavy atom. The van der Waals surface area contributed by atoms with E-state index in [9.17, 15) is 0 Å². The molecule has 1 N–H and O–H groups in total. The zero-order valence-electron chi connectivity index (χ0n) is 12.3. The number of aryl methyl sites for hydroxylation is 1. The molecule has 3 heteroatoms. The Morgan fingerprint density at radius 3 is 2.48 bits per heavy atom. The van der Waals surface area contributed by atoms with Crippen LogP contribution in [-0.2, 0) is 0 Å². The van der Waals surface area contributed by atoms with Gasteiger partial charge in [-0.05, 0) is 55.6 Å². The van der Waals surface area contributed by atoms with E-state index in [0.29, 0.717) is 22.0 Å². The summed E-state index contributed by atoms with van der Waals surface area (Å²) in [5.41, 5.74) is 5.39. The van der Waals surface area contributed by atoms with E-state index in [-0.39, 0.29) is 0 Å². The number of halogens is 2. The van der Waals surface area contributed by atoms with Crippen molar-refractivity contribution in [3.8, 4) is 0 Å². The zero-order chi connectivity index (χ0) is 15.0. The molecule has 0 saturated heterocycles. The zero-order valence-corrected chi connectivity index (χ0v) is 13.8. The average Bonchev–Trinajstić information content (AvgIpc) is 2.49. The predicted octanol–water partition coefficient (Wildman–Crippen LogP) is 5.49. The molecular weight excluding hydrogens is 301 g/mol. The van der Waals surface area contributed by atoms with Gasteiger partial charge in [-0.1, -0.05) is 53.0 Å². The molecule has 0 fully saturated rings. The third-order valence-corrected chi connectivity index (χ3v) is 5.17. The third kappa shape index (κ3) is 2.83. The highest BCUT2D eigenvalue weighted by atomic mass is 35.5. The Labute approximate surface area is 136 Å². The van der Waals surface area contributed by atoms with Gasteiger partial charge in [0.15, 0.2) is 0 Å². The topological polar surface area (TPSA) is 12.0 Å². The van der Waals surface area contributed by atoms with E-state index in [1.807, 2.05) is 19.2 Å². The van der Waals surface area contributed by atoms with Crippen LogP contribution in [0.5, 0.6) is 0 Å². The van der Waals surface area contributed by atoms with Gasteiger partial charge in [0.1, 0.15) is 0 Å². The quantitative estimate of drug-likeness (QED) is 0.772. The summed E-state index contributed by atoms with van der Waals surface area (Å²) >= 11 is 12.2. The Bertz CT molecular complexity index is 666. The molecule has 0 amide bonds. The number of rotatable bonds is 2. The number of nitrogens with one attached hydrogen (secondary N) is 1. The van der Waals surface area contributed by atoms with Gasteiger partial charge in [-0.25, -0.2) is 0 Å². The molecule has 0 aromatic heterocycles. The van der Waals surface area contributed by atoms with Crippen LogP contribution >= 0.6 is 23.2 Å². The Balaban J connectivity index is 2.07. The van der Waals surface area contributed by atoms with Crippen molar-refractivity contribution < 1.29 is 0 Å². The van der Waals surface area contributed by atoms with Crippen LogP contribution in [0.3, 0.4) is 0 Å². The monoisotopic (exact) mass is 319 g/mol. The van der Waals surface area contributed by atoms with E-state index in [0.717, 1.165) is 12.8 Å². The van der Waals surface area contributed by atoms with Crippen LogP contribution in [0.2, 0.25) is 10.0 Å². The number of hydrogen-bond donors (Lipinski definition) is 1. The molecule has 3 rings (SSSR count). The van der Waals surface area contributed by atoms with Crippen molar-refractivity contribution >= 4 is 23.2 Å². The van der Waals surface area contributed by atoms with Crippen LogP contribution in [0.4, 0.5) is 0 Å². The summed E-state index contributed by atoms with van der Waals surface area (Å²) < 4.78 is 0. The van der Waals surface area contributed by atoms with Crippen molar-refractivity contribution in [1.82, 2.24) is 5.32 Å². The van der Waals surface area contributed by atoms with Crippen LogP contribution in [-0.4, -0.2) is 7.05 Å². The number of hydrogen-bond acceptors (Lipinski definition) is 1. The van der Waals surface area contributed by atoms with Gasteiger partial charge in [0.05, 0.1) is 10.0 Å². The van der Waals surface area contributed by atoms with Crippen molar-refractivity contribution in [1.29, 1.82) is 0 Å². The summed E-state index contributed by atoms with van der Waals surface area (Å²) in [6, 6.07) is 13.2. The van der Waals surface area contributed by atoms with Gasteiger partial charge in [-0.15, -0.1) is 0 Å². The molecule has 1 nitrogen and oxygen atoms in total. The van der Waals surface area contributed by atoms with Crippen molar-refractivity contribution in [2.75, 3.05) is 7.05 Å². The van der Waals surface area contributed by atoms with Crippen LogP contribution in [0.15, 0.2) is 36.4 Å². The van der Waals surface area contributed by atoms with Crippen LogP contribution in [0, 0.1) is 6.92 Å². The molecule has 0 aliphatic heterocycles. The van der Waals surface area contributed by atoms with Crippen molar-refractivity contribution in [3.05, 3.63) is 68.7 Å². The summed E-state index contributed by atoms with van der Waals surface area (Å²) in [7, 11) is 2.04. The van der Waals surface area contributed by atoms with Gasteiger partial charge in [0, 0.05) is 12.0 Å². The molecule has 110 valence electrons. The lowest BCUT2D eigenvalue weighted by Crippen LogP contribution is -2.24. The van der Waals surface area contributed by atoms with Gasteiger partial charge in [0.25, 0.3) is 0 Å². The Morgan fingerprint density at radius 1 is 0.952 bits per heavy atom. The maximum atomic E-state index is 6.20. The first-order valence-electron chi connectivity index (χ1n) is 7.33. The molecule has 0 saturated carbocycles. The summed E-state index contributed by atoms with van der Waals surface area (Å²) in [6.45, 7) is 2.15. The molecule has 1 aliphatic carbocycles. The fraction of sp³-hybridized carbons (Fsp3) is 0.333. The Kier molecular flexibility index (Phi) is 4.26. The van der Waals surface area contributed by atoms with E-state index in [1.54, 1.807) is 0 Å². The normalized spacial score (nSPS) is 21.1. The second-order valence-corrected chi connectivity index (χ2v) is 6.59. The first-order chi connectivity index (χ1) is 10.1. The molecule has 21 heavy (non-hydrogen) atoms. The van der Waals surface area contributed by atoms with Gasteiger partial charge in [-0.2, -0.15) is 0 Å². The Hall–Kier alpha value is -1.02. The second-order valence-electron chi connectivity index (χ2n) is 5.78. The van der Waals surface area contributed by atoms with Gasteiger partial charge in [0.2, 0.25) is 0 Å². The highest BCUT2D eigenvalue weighted by Crippen LogP contribution is 2.42. The van der Waals surface area contributed by atoms with Crippen LogP contribution < -0.4 is 5.32 Å². The van der Waals surface area contributed by atoms with Crippen LogP contribution in [0.1, 0.15) is 47.1 Å². The fourth-order valence-corrected chi connectivity index (χ4v) is 3.64. The molecule has 2 aromatic rings. The first kappa shape index (κ1) is 14.9. The second kappa shape index (κ2) is 6.00. The SMILES string of the molecule is CN[C@H]1CC[C@@H](c2ccc(Cl)c(Cl)c2)c2ccc(C)cc21. The van der Waals surface area contributed by atoms with Crippen molar-refractivity contribution in [2.24, 2.45) is 0 Å². The largest absolute Gasteiger partial charge is 0.313 e. The van der Waals surface area contributed by atoms with E-state index in [1.165, 1.54) is 22.3 Å². The van der Waals surface area contributed by atoms with E-state index >= 15 is 0 Å². The highest BCUT2D eigenvalue weighted by molar-refractivity contribution is 6.42. The lowest BCUT2D eigenvalue weighted by molar-refractivity contribution is 0.470. The molecular formula is C18H19Cl2N. The molecule has 0 unspecified atom stereocenters. The maximum absolute atomic E-state index is 6.20. The molecule has 1 aliphatic rings. The van der Waals surface area contributed by atoms with E-state index < -0.39 is 0 Å². The van der Waals surface area contributed by atoms with Crippen molar-refractivity contribution in [3.63, 3.8) is 0 Å². The lowest BCUT2D eigenvalue weighted by Gasteiger charge is -2.32. The summed E-state index contributed by atoms with van der Waals surface area (Å²) in [4.78, 5) is 0. The minimum absolute atomic E-state index is 0.403. The smallest absolute Gasteiger partial charge is 0.0595 e.